The molecule has 0 aliphatic rings. The Morgan fingerprint density at radius 1 is 1.38 bits per heavy atom. The maximum atomic E-state index is 11.6. The van der Waals surface area contributed by atoms with E-state index in [1.165, 1.54) is 0 Å². The van der Waals surface area contributed by atoms with E-state index >= 15 is 0 Å². The van der Waals surface area contributed by atoms with E-state index in [0.717, 1.165) is 5.56 Å². The van der Waals surface area contributed by atoms with Crippen LogP contribution in [-0.4, -0.2) is 14.5 Å². The summed E-state index contributed by atoms with van der Waals surface area (Å²) in [6.45, 7) is 3.90. The third kappa shape index (κ3) is 4.18. The van der Waals surface area contributed by atoms with Crippen molar-refractivity contribution in [1.82, 2.24) is 4.72 Å². The minimum Gasteiger partial charge on any atom is -0.326 e. The van der Waals surface area contributed by atoms with Crippen molar-refractivity contribution in [3.8, 4) is 0 Å². The average molecular weight is 243 g/mol. The number of nitrogens with one attached hydrogen (secondary N) is 2. The molecule has 0 aromatic heterocycles. The lowest BCUT2D eigenvalue weighted by Gasteiger charge is -2.12. The molecule has 0 aliphatic heterocycles. The molecule has 0 saturated carbocycles. The van der Waals surface area contributed by atoms with E-state index in [9.17, 15) is 8.42 Å². The largest absolute Gasteiger partial charge is 0.326 e. The minimum atomic E-state index is -3.50. The zero-order chi connectivity index (χ0) is 12.2. The Labute approximate surface area is 96.2 Å². The number of anilines is 1. The van der Waals surface area contributed by atoms with Crippen molar-refractivity contribution in [3.05, 3.63) is 29.8 Å². The molecule has 0 aliphatic carbocycles. The predicted octanol–water partition coefficient (Wildman–Crippen LogP) is 0.800. The molecule has 90 valence electrons. The molecular formula is C10H17N3O2S. The van der Waals surface area contributed by atoms with E-state index in [1.54, 1.807) is 32.0 Å². The highest BCUT2D eigenvalue weighted by atomic mass is 32.2. The molecule has 16 heavy (non-hydrogen) atoms. The van der Waals surface area contributed by atoms with Gasteiger partial charge in [0, 0.05) is 12.6 Å². The van der Waals surface area contributed by atoms with Crippen LogP contribution in [0.25, 0.3) is 0 Å². The van der Waals surface area contributed by atoms with Gasteiger partial charge in [-0.1, -0.05) is 12.1 Å². The fourth-order valence-electron chi connectivity index (χ4n) is 1.26. The Bertz CT molecular complexity index is 443. The number of rotatable bonds is 5. The summed E-state index contributed by atoms with van der Waals surface area (Å²) in [5, 5.41) is 0. The summed E-state index contributed by atoms with van der Waals surface area (Å²) in [4.78, 5) is 0. The monoisotopic (exact) mass is 243 g/mol. The molecule has 5 nitrogen and oxygen atoms in total. The van der Waals surface area contributed by atoms with Crippen molar-refractivity contribution in [2.75, 3.05) is 4.72 Å². The molecule has 1 aromatic carbocycles. The second kappa shape index (κ2) is 5.29. The van der Waals surface area contributed by atoms with Gasteiger partial charge in [0.15, 0.2) is 0 Å². The SMILES string of the molecule is CC(C)NS(=O)(=O)Nc1cccc(CN)c1. The first-order chi connectivity index (χ1) is 7.43. The van der Waals surface area contributed by atoms with E-state index in [-0.39, 0.29) is 6.04 Å². The van der Waals surface area contributed by atoms with Gasteiger partial charge in [0.25, 0.3) is 10.2 Å². The van der Waals surface area contributed by atoms with Gasteiger partial charge in [-0.25, -0.2) is 0 Å². The molecule has 0 saturated heterocycles. The number of hydrogen-bond donors (Lipinski definition) is 3. The molecule has 0 fully saturated rings. The first-order valence-corrected chi connectivity index (χ1v) is 6.50. The van der Waals surface area contributed by atoms with E-state index in [0.29, 0.717) is 12.2 Å². The minimum absolute atomic E-state index is 0.143. The Hall–Kier alpha value is -1.11. The first kappa shape index (κ1) is 13.0. The second-order valence-electron chi connectivity index (χ2n) is 3.78. The van der Waals surface area contributed by atoms with Crippen LogP contribution in [0.4, 0.5) is 5.69 Å². The highest BCUT2D eigenvalue weighted by Crippen LogP contribution is 2.11. The predicted molar refractivity (Wildman–Crippen MR) is 65.1 cm³/mol. The summed E-state index contributed by atoms with van der Waals surface area (Å²) in [7, 11) is -3.50. The van der Waals surface area contributed by atoms with Crippen molar-refractivity contribution >= 4 is 15.9 Å². The zero-order valence-electron chi connectivity index (χ0n) is 9.40. The van der Waals surface area contributed by atoms with Gasteiger partial charge < -0.3 is 5.73 Å². The maximum absolute atomic E-state index is 11.6. The van der Waals surface area contributed by atoms with Crippen LogP contribution < -0.4 is 15.2 Å². The summed E-state index contributed by atoms with van der Waals surface area (Å²) >= 11 is 0. The average Bonchev–Trinajstić information content (AvgIpc) is 2.15. The van der Waals surface area contributed by atoms with Crippen LogP contribution >= 0.6 is 0 Å². The molecule has 1 rings (SSSR count). The molecule has 1 aromatic rings. The maximum Gasteiger partial charge on any atom is 0.299 e. The molecule has 0 bridgehead atoms. The van der Waals surface area contributed by atoms with Gasteiger partial charge in [0.1, 0.15) is 0 Å². The van der Waals surface area contributed by atoms with Crippen molar-refractivity contribution in [2.45, 2.75) is 26.4 Å². The highest BCUT2D eigenvalue weighted by molar-refractivity contribution is 7.90. The third-order valence-electron chi connectivity index (χ3n) is 1.81. The Kier molecular flexibility index (Phi) is 4.28. The van der Waals surface area contributed by atoms with Crippen molar-refractivity contribution < 1.29 is 8.42 Å². The van der Waals surface area contributed by atoms with Gasteiger partial charge in [0.2, 0.25) is 0 Å². The van der Waals surface area contributed by atoms with Gasteiger partial charge >= 0.3 is 0 Å². The van der Waals surface area contributed by atoms with Crippen LogP contribution in [0.15, 0.2) is 24.3 Å². The molecule has 0 amide bonds. The van der Waals surface area contributed by atoms with Crippen LogP contribution in [0, 0.1) is 0 Å². The summed E-state index contributed by atoms with van der Waals surface area (Å²) in [6, 6.07) is 6.84. The molecule has 0 radical (unpaired) electrons. The van der Waals surface area contributed by atoms with E-state index in [1.807, 2.05) is 6.07 Å². The van der Waals surface area contributed by atoms with E-state index < -0.39 is 10.2 Å². The Morgan fingerprint density at radius 2 is 2.06 bits per heavy atom. The molecule has 0 heterocycles. The van der Waals surface area contributed by atoms with Crippen molar-refractivity contribution in [1.29, 1.82) is 0 Å². The normalized spacial score (nSPS) is 11.8. The molecule has 4 N–H and O–H groups in total. The van der Waals surface area contributed by atoms with Gasteiger partial charge in [-0.3, -0.25) is 4.72 Å². The van der Waals surface area contributed by atoms with Crippen molar-refractivity contribution in [3.63, 3.8) is 0 Å². The molecule has 0 spiro atoms. The molecule has 0 unspecified atom stereocenters. The van der Waals surface area contributed by atoms with Crippen LogP contribution in [-0.2, 0) is 16.8 Å². The van der Waals surface area contributed by atoms with Crippen LogP contribution in [0.5, 0.6) is 0 Å². The topological polar surface area (TPSA) is 84.2 Å². The number of hydrogen-bond acceptors (Lipinski definition) is 3. The fourth-order valence-corrected chi connectivity index (χ4v) is 2.37. The van der Waals surface area contributed by atoms with Gasteiger partial charge in [-0.05, 0) is 31.5 Å². The molecule has 6 heteroatoms. The van der Waals surface area contributed by atoms with Crippen LogP contribution in [0.2, 0.25) is 0 Å². The zero-order valence-corrected chi connectivity index (χ0v) is 10.2. The first-order valence-electron chi connectivity index (χ1n) is 5.02. The van der Waals surface area contributed by atoms with Crippen LogP contribution in [0.3, 0.4) is 0 Å². The van der Waals surface area contributed by atoms with Crippen LogP contribution in [0.1, 0.15) is 19.4 Å². The summed E-state index contributed by atoms with van der Waals surface area (Å²) in [5.41, 5.74) is 6.86. The lowest BCUT2D eigenvalue weighted by atomic mass is 10.2. The lowest BCUT2D eigenvalue weighted by Crippen LogP contribution is -2.35. The Balaban J connectivity index is 2.80. The van der Waals surface area contributed by atoms with E-state index in [4.69, 9.17) is 5.73 Å². The van der Waals surface area contributed by atoms with Gasteiger partial charge in [-0.15, -0.1) is 0 Å². The third-order valence-corrected chi connectivity index (χ3v) is 3.09. The number of nitrogens with two attached hydrogens (primary N) is 1. The highest BCUT2D eigenvalue weighted by Gasteiger charge is 2.10. The fraction of sp³-hybridized carbons (Fsp3) is 0.400. The van der Waals surface area contributed by atoms with Gasteiger partial charge in [0.05, 0.1) is 5.69 Å². The Morgan fingerprint density at radius 3 is 2.62 bits per heavy atom. The summed E-state index contributed by atoms with van der Waals surface area (Å²) < 4.78 is 28.0. The van der Waals surface area contributed by atoms with Crippen molar-refractivity contribution in [2.24, 2.45) is 5.73 Å². The van der Waals surface area contributed by atoms with Gasteiger partial charge in [-0.2, -0.15) is 13.1 Å². The summed E-state index contributed by atoms with van der Waals surface area (Å²) in [5.74, 6) is 0. The molecular weight excluding hydrogens is 226 g/mol. The second-order valence-corrected chi connectivity index (χ2v) is 5.23. The smallest absolute Gasteiger partial charge is 0.299 e. The molecule has 0 atom stereocenters. The summed E-state index contributed by atoms with van der Waals surface area (Å²) in [6.07, 6.45) is 0. The van der Waals surface area contributed by atoms with E-state index in [2.05, 4.69) is 9.44 Å². The quantitative estimate of drug-likeness (QED) is 0.715. The lowest BCUT2D eigenvalue weighted by molar-refractivity contribution is 0.575. The number of benzene rings is 1. The standard InChI is InChI=1S/C10H17N3O2S/c1-8(2)12-16(14,15)13-10-5-3-4-9(6-10)7-11/h3-6,8,12-13H,7,11H2,1-2H3.